The van der Waals surface area contributed by atoms with E-state index in [2.05, 4.69) is 0 Å². The molecule has 2 aromatic rings. The molecule has 0 aliphatic rings. The molecule has 0 saturated carbocycles. The molecule has 8 nitrogen and oxygen atoms in total. The van der Waals surface area contributed by atoms with Crippen LogP contribution in [-0.2, 0) is 9.47 Å². The van der Waals surface area contributed by atoms with Crippen LogP contribution in [-0.4, -0.2) is 37.5 Å². The van der Waals surface area contributed by atoms with Gasteiger partial charge in [0.15, 0.2) is 12.5 Å². The SMILES string of the molecule is NCCCCC(N)OC(=O)c1ccc2cc(C(=O)OC(N)CCCCN)ccc2c1. The van der Waals surface area contributed by atoms with Crippen LogP contribution in [0, 0.1) is 0 Å². The van der Waals surface area contributed by atoms with Crippen LogP contribution in [0.3, 0.4) is 0 Å². The van der Waals surface area contributed by atoms with Gasteiger partial charge in [-0.05, 0) is 86.7 Å². The zero-order chi connectivity index (χ0) is 21.9. The van der Waals surface area contributed by atoms with Gasteiger partial charge in [0.2, 0.25) is 0 Å². The highest BCUT2D eigenvalue weighted by Crippen LogP contribution is 2.20. The smallest absolute Gasteiger partial charge is 0.339 e. The van der Waals surface area contributed by atoms with E-state index in [4.69, 9.17) is 32.4 Å². The Labute approximate surface area is 176 Å². The molecule has 2 rings (SSSR count). The molecule has 0 aliphatic heterocycles. The van der Waals surface area contributed by atoms with Gasteiger partial charge < -0.3 is 20.9 Å². The number of benzene rings is 2. The third-order valence-corrected chi connectivity index (χ3v) is 4.71. The van der Waals surface area contributed by atoms with Gasteiger partial charge in [0.1, 0.15) is 0 Å². The molecule has 0 aliphatic carbocycles. The van der Waals surface area contributed by atoms with Crippen molar-refractivity contribution in [1.82, 2.24) is 0 Å². The van der Waals surface area contributed by atoms with Crippen molar-refractivity contribution in [2.75, 3.05) is 13.1 Å². The minimum absolute atomic E-state index is 0.397. The molecular formula is C22H32N4O4. The van der Waals surface area contributed by atoms with Crippen LogP contribution in [0.25, 0.3) is 10.8 Å². The van der Waals surface area contributed by atoms with E-state index in [1.165, 1.54) is 0 Å². The van der Waals surface area contributed by atoms with Crippen LogP contribution in [0.2, 0.25) is 0 Å². The molecule has 164 valence electrons. The average Bonchev–Trinajstić information content (AvgIpc) is 2.73. The molecule has 8 heteroatoms. The maximum atomic E-state index is 12.3. The minimum Gasteiger partial charge on any atom is -0.443 e. The Kier molecular flexibility index (Phi) is 9.69. The monoisotopic (exact) mass is 416 g/mol. The van der Waals surface area contributed by atoms with E-state index in [1.54, 1.807) is 36.4 Å². The van der Waals surface area contributed by atoms with Crippen molar-refractivity contribution < 1.29 is 19.1 Å². The van der Waals surface area contributed by atoms with Gasteiger partial charge in [-0.25, -0.2) is 9.59 Å². The van der Waals surface area contributed by atoms with Crippen LogP contribution < -0.4 is 22.9 Å². The Morgan fingerprint density at radius 2 is 1.10 bits per heavy atom. The number of unbranched alkanes of at least 4 members (excludes halogenated alkanes) is 2. The fourth-order valence-electron chi connectivity index (χ4n) is 3.01. The number of hydrogen-bond acceptors (Lipinski definition) is 8. The topological polar surface area (TPSA) is 157 Å². The van der Waals surface area contributed by atoms with E-state index in [9.17, 15) is 9.59 Å². The van der Waals surface area contributed by atoms with Crippen molar-refractivity contribution >= 4 is 22.7 Å². The molecule has 0 radical (unpaired) electrons. The van der Waals surface area contributed by atoms with E-state index in [-0.39, 0.29) is 0 Å². The predicted molar refractivity (Wildman–Crippen MR) is 117 cm³/mol. The number of ether oxygens (including phenoxy) is 2. The Balaban J connectivity index is 1.99. The third-order valence-electron chi connectivity index (χ3n) is 4.71. The first-order chi connectivity index (χ1) is 14.4. The van der Waals surface area contributed by atoms with Gasteiger partial charge in [-0.3, -0.25) is 11.5 Å². The molecule has 0 bridgehead atoms. The second-order valence-electron chi connectivity index (χ2n) is 7.23. The molecule has 0 aromatic heterocycles. The summed E-state index contributed by atoms with van der Waals surface area (Å²) < 4.78 is 10.6. The van der Waals surface area contributed by atoms with Gasteiger partial charge >= 0.3 is 11.9 Å². The maximum Gasteiger partial charge on any atom is 0.339 e. The lowest BCUT2D eigenvalue weighted by Gasteiger charge is -2.14. The van der Waals surface area contributed by atoms with Crippen molar-refractivity contribution in [3.05, 3.63) is 47.5 Å². The Bertz CT molecular complexity index is 774. The Hall–Kier alpha value is -2.52. The fourth-order valence-corrected chi connectivity index (χ4v) is 3.01. The number of rotatable bonds is 12. The molecular weight excluding hydrogens is 384 g/mol. The van der Waals surface area contributed by atoms with Gasteiger partial charge in [0.25, 0.3) is 0 Å². The standard InChI is InChI=1S/C22H32N4O4/c23-11-3-1-5-19(25)29-21(27)17-9-7-16-14-18(10-8-15(16)13-17)22(28)30-20(26)6-2-4-12-24/h7-10,13-14,19-20H,1-6,11-12,23-26H2. The quantitative estimate of drug-likeness (QED) is 0.232. The van der Waals surface area contributed by atoms with Gasteiger partial charge in [-0.15, -0.1) is 0 Å². The van der Waals surface area contributed by atoms with Crippen molar-refractivity contribution in [2.24, 2.45) is 22.9 Å². The molecule has 0 heterocycles. The zero-order valence-corrected chi connectivity index (χ0v) is 17.2. The number of carbonyl (C=O) groups is 2. The number of nitrogens with two attached hydrogens (primary N) is 4. The first kappa shape index (κ1) is 23.8. The largest absolute Gasteiger partial charge is 0.443 e. The normalized spacial score (nSPS) is 13.1. The molecule has 8 N–H and O–H groups in total. The predicted octanol–water partition coefficient (Wildman–Crippen LogP) is 1.98. The average molecular weight is 417 g/mol. The summed E-state index contributed by atoms with van der Waals surface area (Å²) >= 11 is 0. The van der Waals surface area contributed by atoms with E-state index in [0.717, 1.165) is 36.5 Å². The molecule has 0 saturated heterocycles. The highest BCUT2D eigenvalue weighted by atomic mass is 16.6. The summed E-state index contributed by atoms with van der Waals surface area (Å²) in [6.07, 6.45) is 3.09. The number of fused-ring (bicyclic) bond motifs is 1. The summed E-state index contributed by atoms with van der Waals surface area (Å²) in [7, 11) is 0. The first-order valence-corrected chi connectivity index (χ1v) is 10.3. The van der Waals surface area contributed by atoms with E-state index >= 15 is 0 Å². The van der Waals surface area contributed by atoms with E-state index < -0.39 is 24.4 Å². The van der Waals surface area contributed by atoms with Crippen LogP contribution in [0.1, 0.15) is 59.2 Å². The fraction of sp³-hybridized carbons (Fsp3) is 0.455. The highest BCUT2D eigenvalue weighted by molar-refractivity contribution is 5.99. The Morgan fingerprint density at radius 1 is 0.700 bits per heavy atom. The van der Waals surface area contributed by atoms with Gasteiger partial charge in [0.05, 0.1) is 11.1 Å². The zero-order valence-electron chi connectivity index (χ0n) is 17.2. The first-order valence-electron chi connectivity index (χ1n) is 10.3. The molecule has 2 aromatic carbocycles. The summed E-state index contributed by atoms with van der Waals surface area (Å²) in [4.78, 5) is 24.6. The minimum atomic E-state index is -0.661. The summed E-state index contributed by atoms with van der Waals surface area (Å²) in [5, 5.41) is 1.59. The summed E-state index contributed by atoms with van der Waals surface area (Å²) in [6.45, 7) is 1.17. The molecule has 0 spiro atoms. The second kappa shape index (κ2) is 12.2. The van der Waals surface area contributed by atoms with Crippen LogP contribution in [0.15, 0.2) is 36.4 Å². The molecule has 2 unspecified atom stereocenters. The van der Waals surface area contributed by atoms with E-state index in [1.807, 2.05) is 0 Å². The molecule has 30 heavy (non-hydrogen) atoms. The van der Waals surface area contributed by atoms with Crippen molar-refractivity contribution in [3.63, 3.8) is 0 Å². The lowest BCUT2D eigenvalue weighted by atomic mass is 10.0. The third kappa shape index (κ3) is 7.38. The number of hydrogen-bond donors (Lipinski definition) is 4. The van der Waals surface area contributed by atoms with E-state index in [0.29, 0.717) is 37.1 Å². The second-order valence-corrected chi connectivity index (χ2v) is 7.23. The van der Waals surface area contributed by atoms with Crippen molar-refractivity contribution in [3.8, 4) is 0 Å². The lowest BCUT2D eigenvalue weighted by molar-refractivity contribution is 0.0282. The van der Waals surface area contributed by atoms with Crippen LogP contribution in [0.5, 0.6) is 0 Å². The number of carbonyl (C=O) groups excluding carboxylic acids is 2. The Morgan fingerprint density at radius 3 is 1.47 bits per heavy atom. The highest BCUT2D eigenvalue weighted by Gasteiger charge is 2.15. The van der Waals surface area contributed by atoms with Crippen molar-refractivity contribution in [2.45, 2.75) is 51.0 Å². The lowest BCUT2D eigenvalue weighted by Crippen LogP contribution is -2.27. The summed E-state index contributed by atoms with van der Waals surface area (Å²) in [6, 6.07) is 10.2. The van der Waals surface area contributed by atoms with Gasteiger partial charge in [-0.2, -0.15) is 0 Å². The maximum absolute atomic E-state index is 12.3. The van der Waals surface area contributed by atoms with Gasteiger partial charge in [-0.1, -0.05) is 12.1 Å². The molecule has 0 amide bonds. The number of esters is 2. The summed E-state index contributed by atoms with van der Waals surface area (Å²) in [5.74, 6) is -0.965. The molecule has 2 atom stereocenters. The van der Waals surface area contributed by atoms with Gasteiger partial charge in [0, 0.05) is 0 Å². The molecule has 0 fully saturated rings. The van der Waals surface area contributed by atoms with Crippen molar-refractivity contribution in [1.29, 1.82) is 0 Å². The van der Waals surface area contributed by atoms with Crippen LogP contribution >= 0.6 is 0 Å². The summed E-state index contributed by atoms with van der Waals surface area (Å²) in [5.41, 5.74) is 23.4. The van der Waals surface area contributed by atoms with Crippen LogP contribution in [0.4, 0.5) is 0 Å².